The molecule has 1 fully saturated rings. The van der Waals surface area contributed by atoms with Crippen molar-refractivity contribution in [2.75, 3.05) is 18.0 Å². The SMILES string of the molecule is CCc1cc(-c2ccc3c(c2)COc2nc(N4CCC(NC(C)(C)C)C4)ccc2-3)cnn1. The van der Waals surface area contributed by atoms with Crippen molar-refractivity contribution in [2.24, 2.45) is 0 Å². The number of ether oxygens (including phenoxy) is 1. The lowest BCUT2D eigenvalue weighted by atomic mass is 9.95. The van der Waals surface area contributed by atoms with Crippen molar-refractivity contribution in [2.45, 2.75) is 58.7 Å². The molecule has 32 heavy (non-hydrogen) atoms. The first kappa shape index (κ1) is 20.9. The van der Waals surface area contributed by atoms with Crippen LogP contribution in [0.1, 0.15) is 45.4 Å². The second-order valence-corrected chi connectivity index (χ2v) is 9.80. The molecule has 0 amide bonds. The molecule has 2 aliphatic heterocycles. The Bertz CT molecular complexity index is 1140. The standard InChI is InChI=1S/C26H31N5O/c1-5-20-13-18(14-27-30-20)17-6-7-22-19(12-17)16-32-25-23(22)8-9-24(28-25)31-11-10-21(15-31)29-26(2,3)4/h6-9,12-14,21,29H,5,10-11,15-16H2,1-4H3. The number of nitrogens with zero attached hydrogens (tertiary/aromatic N) is 4. The molecular weight excluding hydrogens is 398 g/mol. The van der Waals surface area contributed by atoms with Gasteiger partial charge in [-0.25, -0.2) is 0 Å². The molecule has 1 unspecified atom stereocenters. The molecule has 0 saturated carbocycles. The Labute approximate surface area is 190 Å². The van der Waals surface area contributed by atoms with Gasteiger partial charge in [-0.05, 0) is 74.6 Å². The van der Waals surface area contributed by atoms with Crippen molar-refractivity contribution in [3.63, 3.8) is 0 Å². The highest BCUT2D eigenvalue weighted by Crippen LogP contribution is 2.39. The molecule has 1 aromatic carbocycles. The van der Waals surface area contributed by atoms with Gasteiger partial charge in [-0.3, -0.25) is 0 Å². The van der Waals surface area contributed by atoms with E-state index in [2.05, 4.69) is 84.5 Å². The van der Waals surface area contributed by atoms with Gasteiger partial charge in [0.25, 0.3) is 0 Å². The summed E-state index contributed by atoms with van der Waals surface area (Å²) >= 11 is 0. The largest absolute Gasteiger partial charge is 0.472 e. The third-order valence-electron chi connectivity index (χ3n) is 6.16. The Kier molecular flexibility index (Phi) is 5.33. The summed E-state index contributed by atoms with van der Waals surface area (Å²) in [7, 11) is 0. The summed E-state index contributed by atoms with van der Waals surface area (Å²) < 4.78 is 6.11. The van der Waals surface area contributed by atoms with E-state index in [1.807, 2.05) is 6.20 Å². The zero-order valence-corrected chi connectivity index (χ0v) is 19.4. The first-order valence-corrected chi connectivity index (χ1v) is 11.5. The first-order chi connectivity index (χ1) is 15.4. The first-order valence-electron chi connectivity index (χ1n) is 11.5. The van der Waals surface area contributed by atoms with Crippen molar-refractivity contribution in [3.05, 3.63) is 53.9 Å². The molecule has 0 bridgehead atoms. The molecular formula is C26H31N5O. The van der Waals surface area contributed by atoms with E-state index in [0.717, 1.165) is 60.0 Å². The summed E-state index contributed by atoms with van der Waals surface area (Å²) in [6, 6.07) is 13.4. The molecule has 1 atom stereocenters. The number of fused-ring (bicyclic) bond motifs is 3. The maximum Gasteiger partial charge on any atom is 0.223 e. The van der Waals surface area contributed by atoms with E-state index < -0.39 is 0 Å². The Balaban J connectivity index is 1.38. The topological polar surface area (TPSA) is 63.2 Å². The van der Waals surface area contributed by atoms with E-state index in [0.29, 0.717) is 12.6 Å². The van der Waals surface area contributed by atoms with E-state index in [-0.39, 0.29) is 5.54 Å². The Morgan fingerprint density at radius 3 is 2.75 bits per heavy atom. The molecule has 5 rings (SSSR count). The number of anilines is 1. The minimum absolute atomic E-state index is 0.125. The van der Waals surface area contributed by atoms with Gasteiger partial charge in [0.1, 0.15) is 12.4 Å². The van der Waals surface area contributed by atoms with Gasteiger partial charge in [0.15, 0.2) is 0 Å². The molecule has 6 nitrogen and oxygen atoms in total. The molecule has 0 spiro atoms. The minimum atomic E-state index is 0.125. The molecule has 2 aromatic heterocycles. The van der Waals surface area contributed by atoms with Crippen molar-refractivity contribution < 1.29 is 4.74 Å². The molecule has 0 radical (unpaired) electrons. The summed E-state index contributed by atoms with van der Waals surface area (Å²) in [4.78, 5) is 7.24. The number of aromatic nitrogens is 3. The maximum absolute atomic E-state index is 6.11. The van der Waals surface area contributed by atoms with Gasteiger partial charge in [0.05, 0.1) is 11.9 Å². The highest BCUT2D eigenvalue weighted by Gasteiger charge is 2.28. The normalized spacial score (nSPS) is 17.6. The monoisotopic (exact) mass is 429 g/mol. The number of hydrogen-bond acceptors (Lipinski definition) is 6. The molecule has 166 valence electrons. The van der Waals surface area contributed by atoms with Crippen molar-refractivity contribution in [1.29, 1.82) is 0 Å². The summed E-state index contributed by atoms with van der Waals surface area (Å²) in [5.41, 5.74) is 6.79. The molecule has 0 aliphatic carbocycles. The van der Waals surface area contributed by atoms with Gasteiger partial charge < -0.3 is 15.0 Å². The van der Waals surface area contributed by atoms with Gasteiger partial charge in [0, 0.05) is 35.8 Å². The van der Waals surface area contributed by atoms with E-state index in [1.165, 1.54) is 11.1 Å². The van der Waals surface area contributed by atoms with Crippen LogP contribution in [-0.4, -0.2) is 39.9 Å². The highest BCUT2D eigenvalue weighted by molar-refractivity contribution is 5.78. The van der Waals surface area contributed by atoms with Crippen LogP contribution in [-0.2, 0) is 13.0 Å². The fraction of sp³-hybridized carbons (Fsp3) is 0.423. The second kappa shape index (κ2) is 8.17. The van der Waals surface area contributed by atoms with Gasteiger partial charge in [-0.2, -0.15) is 15.2 Å². The lowest BCUT2D eigenvalue weighted by molar-refractivity contribution is 0.290. The maximum atomic E-state index is 6.11. The summed E-state index contributed by atoms with van der Waals surface area (Å²) in [5, 5.41) is 12.0. The van der Waals surface area contributed by atoms with Crippen LogP contribution in [0.2, 0.25) is 0 Å². The summed E-state index contributed by atoms with van der Waals surface area (Å²) in [6.07, 6.45) is 3.83. The van der Waals surface area contributed by atoms with Crippen LogP contribution in [0.3, 0.4) is 0 Å². The van der Waals surface area contributed by atoms with Crippen LogP contribution < -0.4 is 15.0 Å². The van der Waals surface area contributed by atoms with Crippen LogP contribution in [0.25, 0.3) is 22.3 Å². The lowest BCUT2D eigenvalue weighted by Crippen LogP contribution is -2.44. The zero-order valence-electron chi connectivity index (χ0n) is 19.4. The van der Waals surface area contributed by atoms with Crippen LogP contribution in [0.15, 0.2) is 42.6 Å². The van der Waals surface area contributed by atoms with Gasteiger partial charge in [-0.15, -0.1) is 0 Å². The molecule has 1 saturated heterocycles. The third-order valence-corrected chi connectivity index (χ3v) is 6.16. The van der Waals surface area contributed by atoms with Crippen molar-refractivity contribution >= 4 is 5.82 Å². The number of pyridine rings is 1. The molecule has 1 N–H and O–H groups in total. The van der Waals surface area contributed by atoms with Crippen LogP contribution >= 0.6 is 0 Å². The van der Waals surface area contributed by atoms with Crippen molar-refractivity contribution in [1.82, 2.24) is 20.5 Å². The zero-order chi connectivity index (χ0) is 22.3. The number of hydrogen-bond donors (Lipinski definition) is 1. The fourth-order valence-electron chi connectivity index (χ4n) is 4.66. The van der Waals surface area contributed by atoms with Gasteiger partial charge in [0.2, 0.25) is 5.88 Å². The Morgan fingerprint density at radius 2 is 1.94 bits per heavy atom. The quantitative estimate of drug-likeness (QED) is 0.653. The number of benzene rings is 1. The fourth-order valence-corrected chi connectivity index (χ4v) is 4.66. The number of nitrogens with one attached hydrogen (secondary N) is 1. The van der Waals surface area contributed by atoms with E-state index in [4.69, 9.17) is 9.72 Å². The van der Waals surface area contributed by atoms with Gasteiger partial charge >= 0.3 is 0 Å². The minimum Gasteiger partial charge on any atom is -0.472 e. The molecule has 2 aliphatic rings. The average molecular weight is 430 g/mol. The molecule has 3 aromatic rings. The van der Waals surface area contributed by atoms with E-state index >= 15 is 0 Å². The molecule has 6 heteroatoms. The Morgan fingerprint density at radius 1 is 1.09 bits per heavy atom. The predicted octanol–water partition coefficient (Wildman–Crippen LogP) is 4.63. The predicted molar refractivity (Wildman–Crippen MR) is 128 cm³/mol. The van der Waals surface area contributed by atoms with Crippen molar-refractivity contribution in [3.8, 4) is 28.1 Å². The van der Waals surface area contributed by atoms with Crippen LogP contribution in [0.5, 0.6) is 5.88 Å². The van der Waals surface area contributed by atoms with Crippen LogP contribution in [0, 0.1) is 0 Å². The lowest BCUT2D eigenvalue weighted by Gasteiger charge is -2.26. The highest BCUT2D eigenvalue weighted by atomic mass is 16.5. The smallest absolute Gasteiger partial charge is 0.223 e. The van der Waals surface area contributed by atoms with E-state index in [9.17, 15) is 0 Å². The van der Waals surface area contributed by atoms with Gasteiger partial charge in [-0.1, -0.05) is 19.1 Å². The third kappa shape index (κ3) is 4.19. The number of rotatable bonds is 4. The number of aryl methyl sites for hydroxylation is 1. The summed E-state index contributed by atoms with van der Waals surface area (Å²) in [5.74, 6) is 1.73. The average Bonchev–Trinajstić information content (AvgIpc) is 3.25. The van der Waals surface area contributed by atoms with Crippen LogP contribution in [0.4, 0.5) is 5.82 Å². The Hall–Kier alpha value is -2.99. The van der Waals surface area contributed by atoms with E-state index in [1.54, 1.807) is 0 Å². The summed E-state index contributed by atoms with van der Waals surface area (Å²) in [6.45, 7) is 11.3. The molecule has 4 heterocycles. The second-order valence-electron chi connectivity index (χ2n) is 9.80.